The molecule has 19 heavy (non-hydrogen) atoms. The van der Waals surface area contributed by atoms with Crippen LogP contribution in [-0.2, 0) is 4.74 Å². The molecule has 1 atom stereocenters. The Morgan fingerprint density at radius 2 is 1.47 bits per heavy atom. The van der Waals surface area contributed by atoms with Crippen LogP contribution >= 0.6 is 0 Å². The number of ether oxygens (including phenoxy) is 1. The van der Waals surface area contributed by atoms with Crippen molar-refractivity contribution in [2.24, 2.45) is 5.92 Å². The predicted octanol–water partition coefficient (Wildman–Crippen LogP) is 1.19. The Balaban J connectivity index is 1.63. The average Bonchev–Trinajstić information content (AvgIpc) is 2.42. The summed E-state index contributed by atoms with van der Waals surface area (Å²) in [6.07, 6.45) is 5.00. The third-order valence-electron chi connectivity index (χ3n) is 4.68. The molecule has 4 heteroatoms. The third kappa shape index (κ3) is 5.03. The van der Waals surface area contributed by atoms with Crippen LogP contribution in [0.4, 0.5) is 0 Å². The molecule has 0 spiro atoms. The number of hydrogen-bond donors (Lipinski definition) is 1. The Kier molecular flexibility index (Phi) is 6.07. The summed E-state index contributed by atoms with van der Waals surface area (Å²) in [5.74, 6) is 0.862. The SMILES string of the molecule is COC1CCN(CC(O)CN2CCC(C)CC2)CC1. The second-order valence-electron chi connectivity index (χ2n) is 6.37. The van der Waals surface area contributed by atoms with Gasteiger partial charge in [0.15, 0.2) is 0 Å². The quantitative estimate of drug-likeness (QED) is 0.814. The van der Waals surface area contributed by atoms with E-state index in [-0.39, 0.29) is 6.10 Å². The van der Waals surface area contributed by atoms with Gasteiger partial charge in [-0.25, -0.2) is 0 Å². The summed E-state index contributed by atoms with van der Waals surface area (Å²) >= 11 is 0. The van der Waals surface area contributed by atoms with E-state index in [1.165, 1.54) is 12.8 Å². The van der Waals surface area contributed by atoms with E-state index in [9.17, 15) is 5.11 Å². The van der Waals surface area contributed by atoms with Gasteiger partial charge in [0.2, 0.25) is 0 Å². The van der Waals surface area contributed by atoms with Crippen molar-refractivity contribution in [2.75, 3.05) is 46.4 Å². The molecule has 4 nitrogen and oxygen atoms in total. The highest BCUT2D eigenvalue weighted by Gasteiger charge is 2.23. The van der Waals surface area contributed by atoms with Crippen LogP contribution in [0.1, 0.15) is 32.6 Å². The number of piperidine rings is 2. The Morgan fingerprint density at radius 1 is 1.00 bits per heavy atom. The molecule has 0 aromatic rings. The first kappa shape index (κ1) is 15.2. The van der Waals surface area contributed by atoms with Crippen molar-refractivity contribution >= 4 is 0 Å². The number of likely N-dealkylation sites (tertiary alicyclic amines) is 2. The van der Waals surface area contributed by atoms with E-state index < -0.39 is 0 Å². The number of hydrogen-bond acceptors (Lipinski definition) is 4. The maximum Gasteiger partial charge on any atom is 0.0793 e. The summed E-state index contributed by atoms with van der Waals surface area (Å²) in [6.45, 7) is 8.43. The Morgan fingerprint density at radius 3 is 1.95 bits per heavy atom. The second-order valence-corrected chi connectivity index (χ2v) is 6.37. The fraction of sp³-hybridized carbons (Fsp3) is 1.00. The van der Waals surface area contributed by atoms with Gasteiger partial charge < -0.3 is 19.6 Å². The Bertz CT molecular complexity index is 247. The van der Waals surface area contributed by atoms with Crippen LogP contribution < -0.4 is 0 Å². The van der Waals surface area contributed by atoms with Gasteiger partial charge in [-0.3, -0.25) is 0 Å². The highest BCUT2D eigenvalue weighted by molar-refractivity contribution is 4.77. The molecule has 112 valence electrons. The highest BCUT2D eigenvalue weighted by Crippen LogP contribution is 2.17. The maximum atomic E-state index is 10.2. The van der Waals surface area contributed by atoms with Gasteiger partial charge in [0.05, 0.1) is 12.2 Å². The molecule has 2 rings (SSSR count). The first-order chi connectivity index (χ1) is 9.17. The number of nitrogens with zero attached hydrogens (tertiary/aromatic N) is 2. The lowest BCUT2D eigenvalue weighted by molar-refractivity contribution is 0.0148. The molecule has 2 fully saturated rings. The van der Waals surface area contributed by atoms with Gasteiger partial charge in [-0.1, -0.05) is 6.92 Å². The normalized spacial score (nSPS) is 26.7. The molecule has 1 N–H and O–H groups in total. The van der Waals surface area contributed by atoms with Crippen molar-refractivity contribution in [1.29, 1.82) is 0 Å². The van der Waals surface area contributed by atoms with Crippen LogP contribution in [0.2, 0.25) is 0 Å². The molecule has 2 aliphatic rings. The minimum Gasteiger partial charge on any atom is -0.390 e. The smallest absolute Gasteiger partial charge is 0.0793 e. The van der Waals surface area contributed by atoms with E-state index in [1.54, 1.807) is 7.11 Å². The van der Waals surface area contributed by atoms with Gasteiger partial charge in [-0.15, -0.1) is 0 Å². The molecule has 0 aromatic heterocycles. The van der Waals surface area contributed by atoms with Gasteiger partial charge >= 0.3 is 0 Å². The fourth-order valence-electron chi connectivity index (χ4n) is 3.23. The largest absolute Gasteiger partial charge is 0.390 e. The number of rotatable bonds is 5. The topological polar surface area (TPSA) is 35.9 Å². The molecule has 0 radical (unpaired) electrons. The van der Waals surface area contributed by atoms with Crippen LogP contribution in [0, 0.1) is 5.92 Å². The number of methoxy groups -OCH3 is 1. The first-order valence-electron chi connectivity index (χ1n) is 7.83. The van der Waals surface area contributed by atoms with E-state index in [0.717, 1.165) is 58.0 Å². The summed E-state index contributed by atoms with van der Waals surface area (Å²) in [6, 6.07) is 0. The average molecular weight is 270 g/mol. The van der Waals surface area contributed by atoms with Crippen molar-refractivity contribution in [2.45, 2.75) is 44.8 Å². The van der Waals surface area contributed by atoms with Crippen LogP contribution in [0.5, 0.6) is 0 Å². The van der Waals surface area contributed by atoms with Crippen molar-refractivity contribution in [3.63, 3.8) is 0 Å². The molecule has 1 unspecified atom stereocenters. The van der Waals surface area contributed by atoms with Gasteiger partial charge in [0.25, 0.3) is 0 Å². The van der Waals surface area contributed by atoms with E-state index in [4.69, 9.17) is 4.74 Å². The van der Waals surface area contributed by atoms with Gasteiger partial charge in [0.1, 0.15) is 0 Å². The molecular weight excluding hydrogens is 240 g/mol. The van der Waals surface area contributed by atoms with Crippen molar-refractivity contribution in [1.82, 2.24) is 9.80 Å². The van der Waals surface area contributed by atoms with Crippen LogP contribution in [0.3, 0.4) is 0 Å². The Hall–Kier alpha value is -0.160. The molecule has 0 saturated carbocycles. The molecule has 0 bridgehead atoms. The van der Waals surface area contributed by atoms with Crippen molar-refractivity contribution in [3.05, 3.63) is 0 Å². The molecule has 0 amide bonds. The standard InChI is InChI=1S/C15H30N2O2/c1-13-3-7-16(8-4-13)11-14(18)12-17-9-5-15(19-2)6-10-17/h13-15,18H,3-12H2,1-2H3. The zero-order chi connectivity index (χ0) is 13.7. The summed E-state index contributed by atoms with van der Waals surface area (Å²) < 4.78 is 5.38. The molecule has 2 aliphatic heterocycles. The minimum absolute atomic E-state index is 0.201. The molecule has 0 aromatic carbocycles. The lowest BCUT2D eigenvalue weighted by Gasteiger charge is -2.35. The van der Waals surface area contributed by atoms with Gasteiger partial charge in [0, 0.05) is 33.3 Å². The number of β-amino-alcohol motifs (C(OH)–C–C–N with tert-alkyl or cyclic N) is 1. The van der Waals surface area contributed by atoms with Crippen LogP contribution in [0.15, 0.2) is 0 Å². The summed E-state index contributed by atoms with van der Waals surface area (Å²) in [5.41, 5.74) is 0. The first-order valence-corrected chi connectivity index (χ1v) is 7.83. The zero-order valence-electron chi connectivity index (χ0n) is 12.6. The van der Waals surface area contributed by atoms with Crippen molar-refractivity contribution in [3.8, 4) is 0 Å². The number of aliphatic hydroxyl groups excluding tert-OH is 1. The monoisotopic (exact) mass is 270 g/mol. The second kappa shape index (κ2) is 7.58. The molecule has 2 heterocycles. The van der Waals surface area contributed by atoms with E-state index in [0.29, 0.717) is 6.10 Å². The fourth-order valence-corrected chi connectivity index (χ4v) is 3.23. The van der Waals surface area contributed by atoms with Gasteiger partial charge in [-0.05, 0) is 44.7 Å². The van der Waals surface area contributed by atoms with E-state index in [1.807, 2.05) is 0 Å². The number of aliphatic hydroxyl groups is 1. The Labute approximate surface area is 117 Å². The van der Waals surface area contributed by atoms with Crippen LogP contribution in [-0.4, -0.2) is 73.5 Å². The van der Waals surface area contributed by atoms with E-state index >= 15 is 0 Å². The zero-order valence-corrected chi connectivity index (χ0v) is 12.6. The lowest BCUT2D eigenvalue weighted by atomic mass is 9.99. The summed E-state index contributed by atoms with van der Waals surface area (Å²) in [7, 11) is 1.80. The minimum atomic E-state index is -0.201. The molecular formula is C15H30N2O2. The molecule has 0 aliphatic carbocycles. The molecule has 2 saturated heterocycles. The maximum absolute atomic E-state index is 10.2. The predicted molar refractivity (Wildman–Crippen MR) is 77.3 cm³/mol. The van der Waals surface area contributed by atoms with Gasteiger partial charge in [-0.2, -0.15) is 0 Å². The van der Waals surface area contributed by atoms with Crippen molar-refractivity contribution < 1.29 is 9.84 Å². The highest BCUT2D eigenvalue weighted by atomic mass is 16.5. The van der Waals surface area contributed by atoms with E-state index in [2.05, 4.69) is 16.7 Å². The summed E-state index contributed by atoms with van der Waals surface area (Å²) in [5, 5.41) is 10.2. The van der Waals surface area contributed by atoms with Crippen LogP contribution in [0.25, 0.3) is 0 Å². The third-order valence-corrected chi connectivity index (χ3v) is 4.68. The lowest BCUT2D eigenvalue weighted by Crippen LogP contribution is -2.45. The summed E-state index contributed by atoms with van der Waals surface area (Å²) in [4.78, 5) is 4.80.